The van der Waals surface area contributed by atoms with Gasteiger partial charge < -0.3 is 10.1 Å². The fourth-order valence-electron chi connectivity index (χ4n) is 1.72. The average Bonchev–Trinajstić information content (AvgIpc) is 2.43. The fourth-order valence-corrected chi connectivity index (χ4v) is 2.41. The summed E-state index contributed by atoms with van der Waals surface area (Å²) in [5.41, 5.74) is 0.996. The maximum Gasteiger partial charge on any atom is 0.147 e. The zero-order valence-electron chi connectivity index (χ0n) is 10.9. The van der Waals surface area contributed by atoms with Crippen LogP contribution in [0.25, 0.3) is 0 Å². The van der Waals surface area contributed by atoms with E-state index in [1.54, 1.807) is 12.1 Å². The normalized spacial score (nSPS) is 10.6. The van der Waals surface area contributed by atoms with Gasteiger partial charge >= 0.3 is 0 Å². The zero-order valence-corrected chi connectivity index (χ0v) is 14.0. The van der Waals surface area contributed by atoms with Gasteiger partial charge in [-0.3, -0.25) is 0 Å². The highest BCUT2D eigenvalue weighted by molar-refractivity contribution is 9.10. The number of nitrogens with one attached hydrogen (secondary N) is 1. The van der Waals surface area contributed by atoms with Crippen molar-refractivity contribution in [2.45, 2.75) is 13.5 Å². The molecule has 0 bridgehead atoms. The molecule has 1 N–H and O–H groups in total. The van der Waals surface area contributed by atoms with Gasteiger partial charge in [-0.2, -0.15) is 0 Å². The lowest BCUT2D eigenvalue weighted by Gasteiger charge is -2.13. The van der Waals surface area contributed by atoms with E-state index in [1.165, 1.54) is 0 Å². The second-order valence-electron chi connectivity index (χ2n) is 4.21. The molecule has 0 heterocycles. The number of ether oxygens (including phenoxy) is 1. The van der Waals surface area contributed by atoms with Crippen molar-refractivity contribution in [2.75, 3.05) is 6.54 Å². The maximum atomic E-state index is 6.15. The Morgan fingerprint density at radius 3 is 2.65 bits per heavy atom. The highest BCUT2D eigenvalue weighted by atomic mass is 79.9. The number of hydrogen-bond donors (Lipinski definition) is 1. The summed E-state index contributed by atoms with van der Waals surface area (Å²) in [6.45, 7) is 3.62. The first-order valence-corrected chi connectivity index (χ1v) is 7.77. The highest BCUT2D eigenvalue weighted by Gasteiger charge is 2.09. The van der Waals surface area contributed by atoms with E-state index in [4.69, 9.17) is 27.9 Å². The van der Waals surface area contributed by atoms with Crippen LogP contribution in [-0.4, -0.2) is 6.54 Å². The van der Waals surface area contributed by atoms with Crippen LogP contribution in [0.1, 0.15) is 12.5 Å². The van der Waals surface area contributed by atoms with Gasteiger partial charge in [-0.25, -0.2) is 0 Å². The van der Waals surface area contributed by atoms with Crippen molar-refractivity contribution in [3.05, 3.63) is 56.5 Å². The molecule has 0 aliphatic rings. The molecule has 0 amide bonds. The zero-order chi connectivity index (χ0) is 14.5. The molecule has 2 nitrogen and oxygen atoms in total. The van der Waals surface area contributed by atoms with Crippen molar-refractivity contribution in [1.82, 2.24) is 5.32 Å². The minimum atomic E-state index is 0.567. The predicted octanol–water partition coefficient (Wildman–Crippen LogP) is 5.66. The summed E-state index contributed by atoms with van der Waals surface area (Å²) < 4.78 is 6.83. The Balaban J connectivity index is 2.30. The Morgan fingerprint density at radius 1 is 1.10 bits per heavy atom. The standard InChI is InChI=1S/C15H14BrCl2NO/c1-2-19-9-10-7-12(17)4-6-14(10)20-15-8-11(16)3-5-13(15)18/h3-8,19H,2,9H2,1H3. The fraction of sp³-hybridized carbons (Fsp3) is 0.200. The van der Waals surface area contributed by atoms with E-state index >= 15 is 0 Å². The molecule has 20 heavy (non-hydrogen) atoms. The number of hydrogen-bond acceptors (Lipinski definition) is 2. The van der Waals surface area contributed by atoms with Gasteiger partial charge in [-0.15, -0.1) is 0 Å². The maximum absolute atomic E-state index is 6.15. The molecule has 0 spiro atoms. The minimum absolute atomic E-state index is 0.567. The SMILES string of the molecule is CCNCc1cc(Cl)ccc1Oc1cc(Br)ccc1Cl. The van der Waals surface area contributed by atoms with E-state index < -0.39 is 0 Å². The van der Waals surface area contributed by atoms with E-state index in [2.05, 4.69) is 28.2 Å². The molecule has 0 fully saturated rings. The Hall–Kier alpha value is -0.740. The van der Waals surface area contributed by atoms with Crippen molar-refractivity contribution >= 4 is 39.1 Å². The Labute approximate surface area is 137 Å². The monoisotopic (exact) mass is 373 g/mol. The molecule has 0 saturated carbocycles. The predicted molar refractivity (Wildman–Crippen MR) is 88.1 cm³/mol. The van der Waals surface area contributed by atoms with Crippen LogP contribution in [0.2, 0.25) is 10.0 Å². The topological polar surface area (TPSA) is 21.3 Å². The van der Waals surface area contributed by atoms with Crippen LogP contribution < -0.4 is 10.1 Å². The van der Waals surface area contributed by atoms with E-state index in [9.17, 15) is 0 Å². The average molecular weight is 375 g/mol. The van der Waals surface area contributed by atoms with Crippen molar-refractivity contribution in [1.29, 1.82) is 0 Å². The minimum Gasteiger partial charge on any atom is -0.455 e. The molecule has 2 aromatic carbocycles. The first-order valence-electron chi connectivity index (χ1n) is 6.22. The smallest absolute Gasteiger partial charge is 0.147 e. The molecule has 0 aromatic heterocycles. The van der Waals surface area contributed by atoms with Crippen molar-refractivity contribution < 1.29 is 4.74 Å². The molecule has 2 rings (SSSR count). The Morgan fingerprint density at radius 2 is 1.90 bits per heavy atom. The van der Waals surface area contributed by atoms with Gasteiger partial charge in [0, 0.05) is 21.6 Å². The van der Waals surface area contributed by atoms with Gasteiger partial charge in [0.25, 0.3) is 0 Å². The van der Waals surface area contributed by atoms with Crippen molar-refractivity contribution in [2.24, 2.45) is 0 Å². The molecule has 0 saturated heterocycles. The van der Waals surface area contributed by atoms with Gasteiger partial charge in [-0.05, 0) is 42.9 Å². The molecule has 0 atom stereocenters. The summed E-state index contributed by atoms with van der Waals surface area (Å²) in [7, 11) is 0. The third kappa shape index (κ3) is 4.13. The van der Waals surface area contributed by atoms with Gasteiger partial charge in [0.2, 0.25) is 0 Å². The molecule has 0 unspecified atom stereocenters. The lowest BCUT2D eigenvalue weighted by Crippen LogP contribution is -2.12. The number of halogens is 3. The van der Waals surface area contributed by atoms with Crippen molar-refractivity contribution in [3.63, 3.8) is 0 Å². The van der Waals surface area contributed by atoms with Gasteiger partial charge in [0.1, 0.15) is 11.5 Å². The number of benzene rings is 2. The second-order valence-corrected chi connectivity index (χ2v) is 5.97. The quantitative estimate of drug-likeness (QED) is 0.729. The summed E-state index contributed by atoms with van der Waals surface area (Å²) >= 11 is 15.6. The third-order valence-corrected chi connectivity index (χ3v) is 3.74. The molecule has 0 radical (unpaired) electrons. The van der Waals surface area contributed by atoms with E-state index in [1.807, 2.05) is 24.3 Å². The lowest BCUT2D eigenvalue weighted by atomic mass is 10.2. The molecular weight excluding hydrogens is 361 g/mol. The van der Waals surface area contributed by atoms with Gasteiger partial charge in [-0.1, -0.05) is 46.1 Å². The molecular formula is C15H14BrCl2NO. The van der Waals surface area contributed by atoms with Crippen molar-refractivity contribution in [3.8, 4) is 11.5 Å². The van der Waals surface area contributed by atoms with E-state index in [0.29, 0.717) is 22.3 Å². The summed E-state index contributed by atoms with van der Waals surface area (Å²) in [4.78, 5) is 0. The second kappa shape index (κ2) is 7.32. The van der Waals surface area contributed by atoms with Crippen LogP contribution in [0, 0.1) is 0 Å². The molecule has 5 heteroatoms. The summed E-state index contributed by atoms with van der Waals surface area (Å²) in [5, 5.41) is 4.52. The van der Waals surface area contributed by atoms with Gasteiger partial charge in [0.15, 0.2) is 0 Å². The summed E-state index contributed by atoms with van der Waals surface area (Å²) in [6, 6.07) is 11.1. The summed E-state index contributed by atoms with van der Waals surface area (Å²) in [6.07, 6.45) is 0. The lowest BCUT2D eigenvalue weighted by molar-refractivity contribution is 0.473. The molecule has 106 valence electrons. The molecule has 2 aromatic rings. The summed E-state index contributed by atoms with van der Waals surface area (Å²) in [5.74, 6) is 1.36. The third-order valence-electron chi connectivity index (χ3n) is 2.70. The largest absolute Gasteiger partial charge is 0.455 e. The van der Waals surface area contributed by atoms with Crippen LogP contribution in [0.4, 0.5) is 0 Å². The van der Waals surface area contributed by atoms with Crippen LogP contribution in [0.3, 0.4) is 0 Å². The van der Waals surface area contributed by atoms with Crippen LogP contribution in [0.15, 0.2) is 40.9 Å². The first kappa shape index (κ1) is 15.6. The Kier molecular flexibility index (Phi) is 5.73. The molecule has 0 aliphatic heterocycles. The van der Waals surface area contributed by atoms with E-state index in [-0.39, 0.29) is 0 Å². The number of rotatable bonds is 5. The van der Waals surface area contributed by atoms with Crippen LogP contribution in [0.5, 0.6) is 11.5 Å². The first-order chi connectivity index (χ1) is 9.60. The molecule has 0 aliphatic carbocycles. The van der Waals surface area contributed by atoms with Crippen LogP contribution in [-0.2, 0) is 6.54 Å². The highest BCUT2D eigenvalue weighted by Crippen LogP contribution is 2.34. The van der Waals surface area contributed by atoms with Crippen LogP contribution >= 0.6 is 39.1 Å². The van der Waals surface area contributed by atoms with Gasteiger partial charge in [0.05, 0.1) is 5.02 Å². The van der Waals surface area contributed by atoms with E-state index in [0.717, 1.165) is 22.3 Å². The Bertz CT molecular complexity index is 604.